The van der Waals surface area contributed by atoms with E-state index in [-0.39, 0.29) is 12.5 Å². The minimum Gasteiger partial charge on any atom is -0.368 e. The molecular weight excluding hydrogens is 190 g/mol. The van der Waals surface area contributed by atoms with Crippen LogP contribution in [0.5, 0.6) is 0 Å². The van der Waals surface area contributed by atoms with Gasteiger partial charge in [-0.1, -0.05) is 18.2 Å². The highest BCUT2D eigenvalue weighted by molar-refractivity contribution is 5.84. The van der Waals surface area contributed by atoms with Crippen LogP contribution in [0.2, 0.25) is 0 Å². The van der Waals surface area contributed by atoms with E-state index in [9.17, 15) is 4.79 Å². The number of benzene rings is 1. The van der Waals surface area contributed by atoms with Crippen molar-refractivity contribution in [2.45, 2.75) is 6.92 Å². The van der Waals surface area contributed by atoms with Crippen molar-refractivity contribution in [3.8, 4) is 0 Å². The van der Waals surface area contributed by atoms with Crippen molar-refractivity contribution < 1.29 is 4.79 Å². The van der Waals surface area contributed by atoms with Gasteiger partial charge >= 0.3 is 0 Å². The number of carbonyl (C=O) groups is 1. The van der Waals surface area contributed by atoms with Crippen LogP contribution >= 0.6 is 0 Å². The molecule has 0 saturated carbocycles. The predicted octanol–water partition coefficient (Wildman–Crippen LogP) is 0.979. The monoisotopic (exact) mass is 203 g/mol. The van der Waals surface area contributed by atoms with Crippen molar-refractivity contribution in [2.75, 3.05) is 12.0 Å². The minimum atomic E-state index is -0.370. The zero-order chi connectivity index (χ0) is 10.8. The molecule has 78 valence electrons. The summed E-state index contributed by atoms with van der Waals surface area (Å²) in [6.07, 6.45) is 1.95. The lowest BCUT2D eigenvalue weighted by Gasteiger charge is -2.06. The highest BCUT2D eigenvalue weighted by atomic mass is 16.1. The van der Waals surface area contributed by atoms with Crippen LogP contribution in [0.15, 0.2) is 30.5 Å². The molecule has 1 aromatic carbocycles. The van der Waals surface area contributed by atoms with E-state index in [0.717, 1.165) is 5.52 Å². The van der Waals surface area contributed by atoms with Crippen LogP contribution in [0.4, 0.5) is 0 Å². The fraction of sp³-hybridized carbons (Fsp3) is 0.182. The molecule has 0 radical (unpaired) electrons. The second kappa shape index (κ2) is 3.65. The average molecular weight is 203 g/mol. The standard InChI is InChI=1S/C11H13N3O/c1-8-7-14(13-6-11(12)15)10-5-3-2-4-9(8)10/h2-5,7,13H,6H2,1H3,(H2,12,15). The summed E-state index contributed by atoms with van der Waals surface area (Å²) in [7, 11) is 0. The number of nitrogens with zero attached hydrogens (tertiary/aromatic N) is 1. The van der Waals surface area contributed by atoms with Crippen LogP contribution < -0.4 is 11.2 Å². The maximum Gasteiger partial charge on any atom is 0.238 e. The van der Waals surface area contributed by atoms with E-state index in [1.165, 1.54) is 10.9 Å². The zero-order valence-corrected chi connectivity index (χ0v) is 8.53. The van der Waals surface area contributed by atoms with Gasteiger partial charge in [0.15, 0.2) is 0 Å². The third-order valence-corrected chi connectivity index (χ3v) is 2.33. The summed E-state index contributed by atoms with van der Waals surface area (Å²) < 4.78 is 1.83. The van der Waals surface area contributed by atoms with Crippen LogP contribution in [0, 0.1) is 6.92 Å². The summed E-state index contributed by atoms with van der Waals surface area (Å²) in [5.74, 6) is -0.370. The molecule has 0 unspecified atom stereocenters. The SMILES string of the molecule is Cc1cn(NCC(N)=O)c2ccccc12. The molecule has 0 aliphatic heterocycles. The average Bonchev–Trinajstić information content (AvgIpc) is 2.54. The van der Waals surface area contributed by atoms with Crippen molar-refractivity contribution in [1.29, 1.82) is 0 Å². The third kappa shape index (κ3) is 1.79. The molecule has 0 aliphatic rings. The smallest absolute Gasteiger partial charge is 0.238 e. The number of aryl methyl sites for hydroxylation is 1. The second-order valence-electron chi connectivity index (χ2n) is 3.50. The Morgan fingerprint density at radius 3 is 2.93 bits per heavy atom. The Labute approximate surface area is 87.6 Å². The van der Waals surface area contributed by atoms with Gasteiger partial charge in [-0.05, 0) is 18.6 Å². The highest BCUT2D eigenvalue weighted by Crippen LogP contribution is 2.18. The van der Waals surface area contributed by atoms with Crippen molar-refractivity contribution in [3.05, 3.63) is 36.0 Å². The van der Waals surface area contributed by atoms with Crippen LogP contribution in [-0.4, -0.2) is 17.1 Å². The molecule has 0 bridgehead atoms. The number of primary amides is 1. The molecule has 0 spiro atoms. The molecule has 4 heteroatoms. The Morgan fingerprint density at radius 2 is 2.20 bits per heavy atom. The summed E-state index contributed by atoms with van der Waals surface area (Å²) >= 11 is 0. The lowest BCUT2D eigenvalue weighted by atomic mass is 10.2. The van der Waals surface area contributed by atoms with Gasteiger partial charge in [-0.3, -0.25) is 9.47 Å². The number of nitrogens with one attached hydrogen (secondary N) is 1. The first-order valence-corrected chi connectivity index (χ1v) is 4.77. The molecule has 3 N–H and O–H groups in total. The molecule has 15 heavy (non-hydrogen) atoms. The van der Waals surface area contributed by atoms with Crippen LogP contribution in [0.1, 0.15) is 5.56 Å². The number of hydrogen-bond acceptors (Lipinski definition) is 2. The molecule has 1 amide bonds. The first kappa shape index (κ1) is 9.58. The summed E-state index contributed by atoms with van der Waals surface area (Å²) in [4.78, 5) is 10.7. The van der Waals surface area contributed by atoms with E-state index in [1.807, 2.05) is 42.1 Å². The quantitative estimate of drug-likeness (QED) is 0.781. The Kier molecular flexibility index (Phi) is 2.33. The van der Waals surface area contributed by atoms with Gasteiger partial charge < -0.3 is 11.2 Å². The largest absolute Gasteiger partial charge is 0.368 e. The molecule has 0 aliphatic carbocycles. The first-order valence-electron chi connectivity index (χ1n) is 4.77. The molecule has 2 aromatic rings. The molecule has 1 aromatic heterocycles. The van der Waals surface area contributed by atoms with Gasteiger partial charge in [-0.15, -0.1) is 0 Å². The van der Waals surface area contributed by atoms with Crippen LogP contribution in [0.25, 0.3) is 10.9 Å². The number of aromatic nitrogens is 1. The number of para-hydroxylation sites is 1. The van der Waals surface area contributed by atoms with Crippen LogP contribution in [-0.2, 0) is 4.79 Å². The fourth-order valence-corrected chi connectivity index (χ4v) is 1.64. The van der Waals surface area contributed by atoms with E-state index < -0.39 is 0 Å². The highest BCUT2D eigenvalue weighted by Gasteiger charge is 2.04. The van der Waals surface area contributed by atoms with E-state index in [1.54, 1.807) is 0 Å². The summed E-state index contributed by atoms with van der Waals surface area (Å²) in [5.41, 5.74) is 10.2. The van der Waals surface area contributed by atoms with E-state index in [2.05, 4.69) is 5.43 Å². The Bertz CT molecular complexity index is 502. The molecule has 2 rings (SSSR count). The first-order chi connectivity index (χ1) is 7.18. The zero-order valence-electron chi connectivity index (χ0n) is 8.53. The molecule has 0 atom stereocenters. The number of carbonyl (C=O) groups excluding carboxylic acids is 1. The van der Waals surface area contributed by atoms with Crippen molar-refractivity contribution >= 4 is 16.8 Å². The Morgan fingerprint density at radius 1 is 1.47 bits per heavy atom. The fourth-order valence-electron chi connectivity index (χ4n) is 1.64. The van der Waals surface area contributed by atoms with Gasteiger partial charge in [0, 0.05) is 11.6 Å². The summed E-state index contributed by atoms with van der Waals surface area (Å²) in [6.45, 7) is 2.17. The molecule has 0 fully saturated rings. The third-order valence-electron chi connectivity index (χ3n) is 2.33. The summed E-state index contributed by atoms with van der Waals surface area (Å²) in [5, 5.41) is 1.18. The van der Waals surface area contributed by atoms with E-state index in [0.29, 0.717) is 0 Å². The number of amides is 1. The van der Waals surface area contributed by atoms with E-state index >= 15 is 0 Å². The van der Waals surface area contributed by atoms with Gasteiger partial charge in [-0.25, -0.2) is 0 Å². The number of rotatable bonds is 3. The maximum atomic E-state index is 10.7. The predicted molar refractivity (Wildman–Crippen MR) is 60.1 cm³/mol. The molecule has 1 heterocycles. The van der Waals surface area contributed by atoms with Crippen molar-refractivity contribution in [1.82, 2.24) is 4.68 Å². The lowest BCUT2D eigenvalue weighted by Crippen LogP contribution is -2.27. The number of hydrogen-bond donors (Lipinski definition) is 2. The molecular formula is C11H13N3O. The van der Waals surface area contributed by atoms with Gasteiger partial charge in [0.25, 0.3) is 0 Å². The van der Waals surface area contributed by atoms with Gasteiger partial charge in [-0.2, -0.15) is 0 Å². The summed E-state index contributed by atoms with van der Waals surface area (Å²) in [6, 6.07) is 8.00. The van der Waals surface area contributed by atoms with Gasteiger partial charge in [0.1, 0.15) is 6.54 Å². The maximum absolute atomic E-state index is 10.7. The molecule has 4 nitrogen and oxygen atoms in total. The normalized spacial score (nSPS) is 10.5. The van der Waals surface area contributed by atoms with Gasteiger partial charge in [0.2, 0.25) is 5.91 Å². The number of fused-ring (bicyclic) bond motifs is 1. The molecule has 0 saturated heterocycles. The lowest BCUT2D eigenvalue weighted by molar-refractivity contribution is -0.116. The van der Waals surface area contributed by atoms with Crippen LogP contribution in [0.3, 0.4) is 0 Å². The van der Waals surface area contributed by atoms with Crippen molar-refractivity contribution in [2.24, 2.45) is 5.73 Å². The topological polar surface area (TPSA) is 60.1 Å². The Hall–Kier alpha value is -1.97. The van der Waals surface area contributed by atoms with E-state index in [4.69, 9.17) is 5.73 Å². The minimum absolute atomic E-state index is 0.137. The second-order valence-corrected chi connectivity index (χ2v) is 3.50. The number of nitrogens with two attached hydrogens (primary N) is 1. The van der Waals surface area contributed by atoms with Crippen molar-refractivity contribution in [3.63, 3.8) is 0 Å². The van der Waals surface area contributed by atoms with Gasteiger partial charge in [0.05, 0.1) is 5.52 Å². The Balaban J connectivity index is 2.39.